The van der Waals surface area contributed by atoms with Crippen molar-refractivity contribution in [1.29, 1.82) is 0 Å². The van der Waals surface area contributed by atoms with Gasteiger partial charge in [-0.15, -0.1) is 11.6 Å². The normalized spacial score (nSPS) is 14.1. The molecule has 0 aromatic heterocycles. The van der Waals surface area contributed by atoms with E-state index in [-0.39, 0.29) is 28.3 Å². The fourth-order valence-electron chi connectivity index (χ4n) is 1.45. The van der Waals surface area contributed by atoms with E-state index in [1.54, 1.807) is 6.92 Å². The Morgan fingerprint density at radius 1 is 1.30 bits per heavy atom. The van der Waals surface area contributed by atoms with Crippen LogP contribution >= 0.6 is 23.2 Å². The molecule has 1 unspecified atom stereocenters. The maximum absolute atomic E-state index is 12.6. The number of hydrogen-bond donors (Lipinski definition) is 1. The minimum atomic E-state index is -4.60. The number of halogens is 5. The zero-order chi connectivity index (χ0) is 15.6. The van der Waals surface area contributed by atoms with Gasteiger partial charge in [-0.2, -0.15) is 13.2 Å². The Balaban J connectivity index is 3.01. The highest BCUT2D eigenvalue weighted by atomic mass is 35.5. The fraction of sp³-hybridized carbons (Fsp3) is 0.455. The second-order valence-corrected chi connectivity index (χ2v) is 6.88. The first-order chi connectivity index (χ1) is 9.03. The van der Waals surface area contributed by atoms with Gasteiger partial charge >= 0.3 is 6.18 Å². The van der Waals surface area contributed by atoms with Crippen LogP contribution in [0, 0.1) is 5.92 Å². The third-order valence-electron chi connectivity index (χ3n) is 2.27. The van der Waals surface area contributed by atoms with Crippen molar-refractivity contribution in [3.8, 4) is 0 Å². The van der Waals surface area contributed by atoms with Crippen molar-refractivity contribution in [3.63, 3.8) is 0 Å². The van der Waals surface area contributed by atoms with Crippen molar-refractivity contribution in [3.05, 3.63) is 28.8 Å². The molecule has 3 nitrogen and oxygen atoms in total. The Morgan fingerprint density at radius 2 is 1.90 bits per heavy atom. The van der Waals surface area contributed by atoms with E-state index in [4.69, 9.17) is 23.2 Å². The number of nitrogens with one attached hydrogen (secondary N) is 1. The van der Waals surface area contributed by atoms with Gasteiger partial charge in [0.1, 0.15) is 0 Å². The second kappa shape index (κ2) is 6.41. The molecule has 0 bridgehead atoms. The molecule has 0 aliphatic heterocycles. The zero-order valence-electron chi connectivity index (χ0n) is 10.3. The molecule has 20 heavy (non-hydrogen) atoms. The summed E-state index contributed by atoms with van der Waals surface area (Å²) in [4.78, 5) is 0. The number of alkyl halides is 4. The predicted octanol–water partition coefficient (Wildman–Crippen LogP) is 3.98. The molecule has 0 aliphatic rings. The van der Waals surface area contributed by atoms with E-state index in [1.807, 2.05) is 0 Å². The SMILES string of the molecule is CC(CCl)CS(=O)(=O)Nc1cc(Cl)cc(C(F)(F)F)c1. The van der Waals surface area contributed by atoms with Gasteiger partial charge in [0.2, 0.25) is 10.0 Å². The van der Waals surface area contributed by atoms with E-state index in [1.165, 1.54) is 0 Å². The van der Waals surface area contributed by atoms with Crippen molar-refractivity contribution >= 4 is 38.9 Å². The highest BCUT2D eigenvalue weighted by Crippen LogP contribution is 2.33. The van der Waals surface area contributed by atoms with Crippen LogP contribution in [-0.4, -0.2) is 20.1 Å². The lowest BCUT2D eigenvalue weighted by molar-refractivity contribution is -0.137. The van der Waals surface area contributed by atoms with Crippen molar-refractivity contribution in [2.24, 2.45) is 5.92 Å². The van der Waals surface area contributed by atoms with Gasteiger partial charge in [0.25, 0.3) is 0 Å². The van der Waals surface area contributed by atoms with Gasteiger partial charge in [-0.05, 0) is 24.1 Å². The number of hydrogen-bond acceptors (Lipinski definition) is 2. The van der Waals surface area contributed by atoms with E-state index in [2.05, 4.69) is 4.72 Å². The molecule has 9 heteroatoms. The predicted molar refractivity (Wildman–Crippen MR) is 73.7 cm³/mol. The van der Waals surface area contributed by atoms with E-state index in [9.17, 15) is 21.6 Å². The lowest BCUT2D eigenvalue weighted by Crippen LogP contribution is -2.22. The van der Waals surface area contributed by atoms with Crippen LogP contribution in [-0.2, 0) is 16.2 Å². The van der Waals surface area contributed by atoms with Crippen LogP contribution in [0.2, 0.25) is 5.02 Å². The fourth-order valence-corrected chi connectivity index (χ4v) is 3.35. The molecule has 0 spiro atoms. The zero-order valence-corrected chi connectivity index (χ0v) is 12.7. The first-order valence-corrected chi connectivity index (χ1v) is 8.04. The molecule has 0 radical (unpaired) electrons. The Morgan fingerprint density at radius 3 is 2.40 bits per heavy atom. The molecule has 114 valence electrons. The molecular weight excluding hydrogens is 338 g/mol. The van der Waals surface area contributed by atoms with E-state index in [0.717, 1.165) is 12.1 Å². The van der Waals surface area contributed by atoms with Gasteiger partial charge in [0.05, 0.1) is 17.0 Å². The number of anilines is 1. The van der Waals surface area contributed by atoms with Crippen molar-refractivity contribution in [1.82, 2.24) is 0 Å². The summed E-state index contributed by atoms with van der Waals surface area (Å²) in [5, 5.41) is -0.206. The first kappa shape index (κ1) is 17.4. The first-order valence-electron chi connectivity index (χ1n) is 5.48. The summed E-state index contributed by atoms with van der Waals surface area (Å²) in [7, 11) is -3.79. The third-order valence-corrected chi connectivity index (χ3v) is 4.57. The van der Waals surface area contributed by atoms with Gasteiger partial charge in [0, 0.05) is 10.9 Å². The Kier molecular flexibility index (Phi) is 5.57. The molecule has 0 fully saturated rings. The highest BCUT2D eigenvalue weighted by molar-refractivity contribution is 7.92. The van der Waals surface area contributed by atoms with Crippen LogP contribution in [0.5, 0.6) is 0 Å². The number of rotatable bonds is 5. The molecule has 0 aliphatic carbocycles. The van der Waals surface area contributed by atoms with Crippen molar-refractivity contribution in [2.45, 2.75) is 13.1 Å². The largest absolute Gasteiger partial charge is 0.416 e. The van der Waals surface area contributed by atoms with Crippen molar-refractivity contribution in [2.75, 3.05) is 16.4 Å². The van der Waals surface area contributed by atoms with E-state index in [0.29, 0.717) is 6.07 Å². The summed E-state index contributed by atoms with van der Waals surface area (Å²) in [6.07, 6.45) is -4.60. The molecule has 0 heterocycles. The monoisotopic (exact) mass is 349 g/mol. The van der Waals surface area contributed by atoms with Gasteiger partial charge in [-0.3, -0.25) is 4.72 Å². The van der Waals surface area contributed by atoms with Gasteiger partial charge in [0.15, 0.2) is 0 Å². The van der Waals surface area contributed by atoms with Crippen LogP contribution in [0.3, 0.4) is 0 Å². The molecule has 0 saturated heterocycles. The van der Waals surface area contributed by atoms with Gasteiger partial charge in [-0.1, -0.05) is 18.5 Å². The maximum Gasteiger partial charge on any atom is 0.416 e. The summed E-state index contributed by atoms with van der Waals surface area (Å²) in [6, 6.07) is 2.52. The van der Waals surface area contributed by atoms with E-state index >= 15 is 0 Å². The average molecular weight is 350 g/mol. The summed E-state index contributed by atoms with van der Waals surface area (Å²) < 4.78 is 63.3. The summed E-state index contributed by atoms with van der Waals surface area (Å²) in [5.41, 5.74) is -1.25. The molecule has 1 rings (SSSR count). The van der Waals surface area contributed by atoms with Gasteiger partial charge < -0.3 is 0 Å². The van der Waals surface area contributed by atoms with E-state index < -0.39 is 21.8 Å². The lowest BCUT2D eigenvalue weighted by atomic mass is 10.2. The van der Waals surface area contributed by atoms with Crippen molar-refractivity contribution < 1.29 is 21.6 Å². The average Bonchev–Trinajstić information content (AvgIpc) is 2.25. The molecule has 0 amide bonds. The Labute approximate surface area is 125 Å². The molecule has 1 N–H and O–H groups in total. The maximum atomic E-state index is 12.6. The third kappa shape index (κ3) is 5.38. The number of sulfonamides is 1. The van der Waals surface area contributed by atoms with Crippen LogP contribution in [0.15, 0.2) is 18.2 Å². The topological polar surface area (TPSA) is 46.2 Å². The summed E-state index contributed by atoms with van der Waals surface area (Å²) in [5.74, 6) is -0.482. The quantitative estimate of drug-likeness (QED) is 0.817. The summed E-state index contributed by atoms with van der Waals surface area (Å²) in [6.45, 7) is 1.62. The highest BCUT2D eigenvalue weighted by Gasteiger charge is 2.31. The molecule has 1 aromatic carbocycles. The smallest absolute Gasteiger partial charge is 0.283 e. The minimum Gasteiger partial charge on any atom is -0.283 e. The Hall–Kier alpha value is -0.660. The summed E-state index contributed by atoms with van der Waals surface area (Å²) >= 11 is 11.1. The van der Waals surface area contributed by atoms with Crippen LogP contribution in [0.25, 0.3) is 0 Å². The van der Waals surface area contributed by atoms with Crippen LogP contribution in [0.4, 0.5) is 18.9 Å². The Bertz CT molecular complexity index is 576. The van der Waals surface area contributed by atoms with Crippen LogP contribution in [0.1, 0.15) is 12.5 Å². The lowest BCUT2D eigenvalue weighted by Gasteiger charge is -2.13. The standard InChI is InChI=1S/C11H12Cl2F3NO2S/c1-7(5-12)6-20(18,19)17-10-3-8(11(14,15)16)2-9(13)4-10/h2-4,7,17H,5-6H2,1H3. The molecule has 1 atom stereocenters. The minimum absolute atomic E-state index is 0.129. The molecule has 1 aromatic rings. The second-order valence-electron chi connectivity index (χ2n) is 4.37. The number of benzene rings is 1. The molecular formula is C11H12Cl2F3NO2S. The molecule has 0 saturated carbocycles. The van der Waals surface area contributed by atoms with Crippen LogP contribution < -0.4 is 4.72 Å². The van der Waals surface area contributed by atoms with Gasteiger partial charge in [-0.25, -0.2) is 8.42 Å².